The van der Waals surface area contributed by atoms with Gasteiger partial charge in [0.25, 0.3) is 5.91 Å². The first kappa shape index (κ1) is 17.5. The van der Waals surface area contributed by atoms with Gasteiger partial charge in [-0.25, -0.2) is 0 Å². The molecule has 0 aromatic heterocycles. The third-order valence-corrected chi connectivity index (χ3v) is 4.79. The topological polar surface area (TPSA) is 66.0 Å². The van der Waals surface area contributed by atoms with E-state index in [-0.39, 0.29) is 11.9 Å². The fraction of sp³-hybridized carbons (Fsp3) is 0.381. The molecule has 0 saturated carbocycles. The van der Waals surface area contributed by atoms with Crippen LogP contribution in [0.4, 0.5) is 0 Å². The van der Waals surface area contributed by atoms with Gasteiger partial charge in [0, 0.05) is 23.6 Å². The summed E-state index contributed by atoms with van der Waals surface area (Å²) in [6.07, 6.45) is 0.669. The van der Waals surface area contributed by atoms with E-state index < -0.39 is 5.60 Å². The van der Waals surface area contributed by atoms with Crippen molar-refractivity contribution in [1.29, 1.82) is 0 Å². The third-order valence-electron chi connectivity index (χ3n) is 4.79. The van der Waals surface area contributed by atoms with E-state index in [1.165, 1.54) is 0 Å². The minimum absolute atomic E-state index is 0.156. The van der Waals surface area contributed by atoms with E-state index in [9.17, 15) is 4.79 Å². The number of carbonyl (C=O) groups excluding carboxylic acids is 1. The van der Waals surface area contributed by atoms with Gasteiger partial charge in [0.1, 0.15) is 30.3 Å². The summed E-state index contributed by atoms with van der Waals surface area (Å²) >= 11 is 0. The number of methoxy groups -OCH3 is 1. The fourth-order valence-electron chi connectivity index (χ4n) is 3.51. The van der Waals surface area contributed by atoms with Crippen LogP contribution in [-0.2, 0) is 0 Å². The predicted molar refractivity (Wildman–Crippen MR) is 100.0 cm³/mol. The second-order valence-electron chi connectivity index (χ2n) is 7.35. The highest BCUT2D eigenvalue weighted by Gasteiger charge is 2.35. The molecule has 6 nitrogen and oxygen atoms in total. The maximum atomic E-state index is 12.9. The van der Waals surface area contributed by atoms with Gasteiger partial charge >= 0.3 is 0 Å². The molecule has 142 valence electrons. The molecule has 0 unspecified atom stereocenters. The first-order chi connectivity index (χ1) is 12.9. The number of carbonyl (C=O) groups is 1. The van der Waals surface area contributed by atoms with Crippen LogP contribution in [0, 0.1) is 0 Å². The van der Waals surface area contributed by atoms with Crippen LogP contribution in [0.2, 0.25) is 0 Å². The Balaban J connectivity index is 1.59. The number of ether oxygens (including phenoxy) is 4. The molecule has 2 heterocycles. The summed E-state index contributed by atoms with van der Waals surface area (Å²) in [6.45, 7) is 5.04. The van der Waals surface area contributed by atoms with E-state index in [2.05, 4.69) is 5.32 Å². The summed E-state index contributed by atoms with van der Waals surface area (Å²) in [7, 11) is 1.62. The van der Waals surface area contributed by atoms with Crippen LogP contribution in [0.25, 0.3) is 0 Å². The maximum absolute atomic E-state index is 12.9. The van der Waals surface area contributed by atoms with Crippen molar-refractivity contribution >= 4 is 5.91 Å². The first-order valence-corrected chi connectivity index (χ1v) is 9.03. The van der Waals surface area contributed by atoms with Crippen molar-refractivity contribution in [2.24, 2.45) is 0 Å². The van der Waals surface area contributed by atoms with Crippen molar-refractivity contribution in [3.8, 4) is 23.0 Å². The number of nitrogens with one attached hydrogen (secondary N) is 1. The molecular formula is C21H23NO5. The number of amides is 1. The largest absolute Gasteiger partial charge is 0.497 e. The van der Waals surface area contributed by atoms with Gasteiger partial charge in [0.2, 0.25) is 0 Å². The smallest absolute Gasteiger partial charge is 0.251 e. The van der Waals surface area contributed by atoms with Crippen LogP contribution in [-0.4, -0.2) is 31.8 Å². The van der Waals surface area contributed by atoms with E-state index in [1.807, 2.05) is 32.0 Å². The number of benzene rings is 2. The normalized spacial score (nSPS) is 19.4. The molecule has 1 amide bonds. The van der Waals surface area contributed by atoms with Gasteiger partial charge in [-0.05, 0) is 44.2 Å². The highest BCUT2D eigenvalue weighted by atomic mass is 16.6. The van der Waals surface area contributed by atoms with E-state index in [1.54, 1.807) is 25.3 Å². The first-order valence-electron chi connectivity index (χ1n) is 9.03. The van der Waals surface area contributed by atoms with Crippen molar-refractivity contribution in [2.45, 2.75) is 31.9 Å². The Hall–Kier alpha value is -2.89. The highest BCUT2D eigenvalue weighted by molar-refractivity contribution is 5.95. The van der Waals surface area contributed by atoms with E-state index in [0.29, 0.717) is 36.7 Å². The number of hydrogen-bond acceptors (Lipinski definition) is 5. The van der Waals surface area contributed by atoms with Crippen LogP contribution >= 0.6 is 0 Å². The van der Waals surface area contributed by atoms with Gasteiger partial charge in [-0.15, -0.1) is 0 Å². The standard InChI is InChI=1S/C21H23NO5/c1-21(2)12-16(15-6-5-14(24-3)11-18(15)27-21)22-20(23)13-4-7-17-19(10-13)26-9-8-25-17/h4-7,10-11,16H,8-9,12H2,1-3H3,(H,22,23)/t16-/m1/s1. The summed E-state index contributed by atoms with van der Waals surface area (Å²) in [5, 5.41) is 3.14. The Bertz CT molecular complexity index is 877. The van der Waals surface area contributed by atoms with Gasteiger partial charge in [-0.2, -0.15) is 0 Å². The summed E-state index contributed by atoms with van der Waals surface area (Å²) in [4.78, 5) is 12.9. The zero-order chi connectivity index (χ0) is 19.0. The summed E-state index contributed by atoms with van der Waals surface area (Å²) in [5.74, 6) is 2.58. The Morgan fingerprint density at radius 1 is 1.07 bits per heavy atom. The summed E-state index contributed by atoms with van der Waals surface area (Å²) in [5.41, 5.74) is 1.09. The summed E-state index contributed by atoms with van der Waals surface area (Å²) in [6, 6.07) is 10.8. The minimum Gasteiger partial charge on any atom is -0.497 e. The van der Waals surface area contributed by atoms with E-state index in [0.717, 1.165) is 17.1 Å². The van der Waals surface area contributed by atoms with Crippen LogP contribution in [0.5, 0.6) is 23.0 Å². The Kier molecular flexibility index (Phi) is 4.34. The molecule has 0 aliphatic carbocycles. The molecule has 2 aromatic carbocycles. The molecule has 0 radical (unpaired) electrons. The molecule has 0 fully saturated rings. The van der Waals surface area contributed by atoms with Gasteiger partial charge in [-0.3, -0.25) is 4.79 Å². The van der Waals surface area contributed by atoms with E-state index in [4.69, 9.17) is 18.9 Å². The highest BCUT2D eigenvalue weighted by Crippen LogP contribution is 2.41. The molecule has 0 bridgehead atoms. The van der Waals surface area contributed by atoms with Crippen molar-refractivity contribution in [3.63, 3.8) is 0 Å². The van der Waals surface area contributed by atoms with Crippen molar-refractivity contribution in [3.05, 3.63) is 47.5 Å². The lowest BCUT2D eigenvalue weighted by Crippen LogP contribution is -2.41. The van der Waals surface area contributed by atoms with Crippen LogP contribution in [0.1, 0.15) is 42.2 Å². The molecule has 2 aliphatic heterocycles. The minimum atomic E-state index is -0.399. The molecule has 6 heteroatoms. The number of hydrogen-bond donors (Lipinski definition) is 1. The lowest BCUT2D eigenvalue weighted by molar-refractivity contribution is 0.0617. The second-order valence-corrected chi connectivity index (χ2v) is 7.35. The monoisotopic (exact) mass is 369 g/mol. The van der Waals surface area contributed by atoms with E-state index >= 15 is 0 Å². The van der Waals surface area contributed by atoms with Crippen LogP contribution in [0.15, 0.2) is 36.4 Å². The average Bonchev–Trinajstić information content (AvgIpc) is 2.66. The van der Waals surface area contributed by atoms with Crippen LogP contribution in [0.3, 0.4) is 0 Å². The number of rotatable bonds is 3. The Morgan fingerprint density at radius 3 is 2.63 bits per heavy atom. The fourth-order valence-corrected chi connectivity index (χ4v) is 3.51. The van der Waals surface area contributed by atoms with Gasteiger partial charge in [-0.1, -0.05) is 0 Å². The average molecular weight is 369 g/mol. The van der Waals surface area contributed by atoms with Gasteiger partial charge in [0.05, 0.1) is 13.2 Å². The molecule has 27 heavy (non-hydrogen) atoms. The van der Waals surface area contributed by atoms with Gasteiger partial charge < -0.3 is 24.3 Å². The van der Waals surface area contributed by atoms with Gasteiger partial charge in [0.15, 0.2) is 11.5 Å². The zero-order valence-corrected chi connectivity index (χ0v) is 15.7. The SMILES string of the molecule is COc1ccc2c(c1)OC(C)(C)C[C@H]2NC(=O)c1ccc2c(c1)OCCO2. The number of fused-ring (bicyclic) bond motifs is 2. The zero-order valence-electron chi connectivity index (χ0n) is 15.7. The second kappa shape index (κ2) is 6.68. The Labute approximate surface area is 158 Å². The molecule has 0 saturated heterocycles. The maximum Gasteiger partial charge on any atom is 0.251 e. The van der Waals surface area contributed by atoms with Crippen LogP contribution < -0.4 is 24.3 Å². The molecule has 2 aromatic rings. The third kappa shape index (κ3) is 3.52. The quantitative estimate of drug-likeness (QED) is 0.897. The Morgan fingerprint density at radius 2 is 1.85 bits per heavy atom. The lowest BCUT2D eigenvalue weighted by atomic mass is 9.89. The molecule has 0 spiro atoms. The summed E-state index contributed by atoms with van der Waals surface area (Å²) < 4.78 is 22.5. The van der Waals surface area contributed by atoms with Crippen molar-refractivity contribution < 1.29 is 23.7 Å². The van der Waals surface area contributed by atoms with Crippen molar-refractivity contribution in [2.75, 3.05) is 20.3 Å². The molecule has 4 rings (SSSR count). The lowest BCUT2D eigenvalue weighted by Gasteiger charge is -2.38. The predicted octanol–water partition coefficient (Wildman–Crippen LogP) is 3.50. The molecule has 1 N–H and O–H groups in total. The van der Waals surface area contributed by atoms with Crippen molar-refractivity contribution in [1.82, 2.24) is 5.32 Å². The molecule has 2 aliphatic rings. The molecule has 1 atom stereocenters. The molecular weight excluding hydrogens is 346 g/mol.